The number of para-hydroxylation sites is 1. The second-order valence-electron chi connectivity index (χ2n) is 6.49. The van der Waals surface area contributed by atoms with Crippen LogP contribution in [0.5, 0.6) is 5.75 Å². The minimum Gasteiger partial charge on any atom is -0.482 e. The maximum atomic E-state index is 12.3. The van der Waals surface area contributed by atoms with Gasteiger partial charge in [0.15, 0.2) is 0 Å². The molecular weight excluding hydrogens is 334 g/mol. The number of amides is 2. The molecular formula is C19H21N3O2S. The topological polar surface area (TPSA) is 54.5 Å². The van der Waals surface area contributed by atoms with E-state index in [0.29, 0.717) is 19.6 Å². The summed E-state index contributed by atoms with van der Waals surface area (Å²) in [6, 6.07) is 8.09. The molecule has 130 valence electrons. The summed E-state index contributed by atoms with van der Waals surface area (Å²) in [5.74, 6) is 0.936. The number of aromatic nitrogens is 1. The molecule has 1 fully saturated rings. The van der Waals surface area contributed by atoms with E-state index >= 15 is 0 Å². The lowest BCUT2D eigenvalue weighted by atomic mass is 9.88. The number of thiazole rings is 1. The van der Waals surface area contributed by atoms with Gasteiger partial charge in [0.25, 0.3) is 0 Å². The van der Waals surface area contributed by atoms with Gasteiger partial charge in [-0.1, -0.05) is 24.3 Å². The molecule has 0 radical (unpaired) electrons. The van der Waals surface area contributed by atoms with Gasteiger partial charge in [-0.15, -0.1) is 11.3 Å². The van der Waals surface area contributed by atoms with Crippen molar-refractivity contribution < 1.29 is 9.53 Å². The fraction of sp³-hybridized carbons (Fsp3) is 0.368. The van der Waals surface area contributed by atoms with Crippen LogP contribution in [0.4, 0.5) is 4.79 Å². The molecule has 0 bridgehead atoms. The quantitative estimate of drug-likeness (QED) is 0.919. The lowest BCUT2D eigenvalue weighted by molar-refractivity contribution is 0.0498. The van der Waals surface area contributed by atoms with Gasteiger partial charge in [0, 0.05) is 49.8 Å². The monoisotopic (exact) mass is 355 g/mol. The predicted molar refractivity (Wildman–Crippen MR) is 98.9 cm³/mol. The average Bonchev–Trinajstić information content (AvgIpc) is 3.16. The van der Waals surface area contributed by atoms with Crippen molar-refractivity contribution in [2.45, 2.75) is 24.9 Å². The molecule has 1 saturated heterocycles. The SMILES string of the molecule is O=C(NCCc1cscn1)N1CCC2(C=Cc3ccccc3O2)CC1. The molecule has 0 saturated carbocycles. The first kappa shape index (κ1) is 16.1. The number of ether oxygens (including phenoxy) is 1. The predicted octanol–water partition coefficient (Wildman–Crippen LogP) is 3.34. The van der Waals surface area contributed by atoms with Crippen LogP contribution in [0.15, 0.2) is 41.2 Å². The minimum absolute atomic E-state index is 0.00488. The number of benzene rings is 1. The Balaban J connectivity index is 1.29. The molecule has 2 amide bonds. The van der Waals surface area contributed by atoms with Gasteiger partial charge < -0.3 is 15.0 Å². The molecule has 1 aromatic heterocycles. The van der Waals surface area contributed by atoms with Crippen molar-refractivity contribution in [3.8, 4) is 5.75 Å². The average molecular weight is 355 g/mol. The van der Waals surface area contributed by atoms with E-state index in [4.69, 9.17) is 4.74 Å². The van der Waals surface area contributed by atoms with Crippen LogP contribution < -0.4 is 10.1 Å². The van der Waals surface area contributed by atoms with Crippen molar-refractivity contribution in [3.05, 3.63) is 52.5 Å². The zero-order valence-corrected chi connectivity index (χ0v) is 14.8. The Bertz CT molecular complexity index is 765. The number of carbonyl (C=O) groups excluding carboxylic acids is 1. The largest absolute Gasteiger partial charge is 0.482 e. The van der Waals surface area contributed by atoms with Crippen molar-refractivity contribution in [3.63, 3.8) is 0 Å². The summed E-state index contributed by atoms with van der Waals surface area (Å²) in [6.07, 6.45) is 6.71. The van der Waals surface area contributed by atoms with E-state index < -0.39 is 0 Å². The Morgan fingerprint density at radius 1 is 1.32 bits per heavy atom. The molecule has 1 spiro atoms. The highest BCUT2D eigenvalue weighted by molar-refractivity contribution is 7.07. The van der Waals surface area contributed by atoms with E-state index in [9.17, 15) is 4.79 Å². The lowest BCUT2D eigenvalue weighted by Gasteiger charge is -2.41. The maximum Gasteiger partial charge on any atom is 0.317 e. The van der Waals surface area contributed by atoms with Gasteiger partial charge in [-0.2, -0.15) is 0 Å². The van der Waals surface area contributed by atoms with Crippen molar-refractivity contribution in [2.24, 2.45) is 0 Å². The highest BCUT2D eigenvalue weighted by Crippen LogP contribution is 2.36. The fourth-order valence-electron chi connectivity index (χ4n) is 3.33. The van der Waals surface area contributed by atoms with Crippen LogP contribution in [0.3, 0.4) is 0 Å². The molecule has 2 aromatic rings. The number of hydrogen-bond acceptors (Lipinski definition) is 4. The molecule has 0 aliphatic carbocycles. The molecule has 0 atom stereocenters. The van der Waals surface area contributed by atoms with Gasteiger partial charge in [0.05, 0.1) is 11.2 Å². The lowest BCUT2D eigenvalue weighted by Crippen LogP contribution is -2.52. The normalized spacial score (nSPS) is 17.8. The first-order valence-corrected chi connectivity index (χ1v) is 9.56. The summed E-state index contributed by atoms with van der Waals surface area (Å²) in [5.41, 5.74) is 3.70. The molecule has 1 aromatic carbocycles. The van der Waals surface area contributed by atoms with Crippen LogP contribution >= 0.6 is 11.3 Å². The molecule has 2 aliphatic heterocycles. The van der Waals surface area contributed by atoms with Crippen LogP contribution in [0.1, 0.15) is 24.1 Å². The number of likely N-dealkylation sites (tertiary alicyclic amines) is 1. The Morgan fingerprint density at radius 2 is 2.16 bits per heavy atom. The van der Waals surface area contributed by atoms with Gasteiger partial charge in [-0.05, 0) is 12.1 Å². The second kappa shape index (κ2) is 6.88. The summed E-state index contributed by atoms with van der Waals surface area (Å²) in [5, 5.41) is 5.01. The van der Waals surface area contributed by atoms with E-state index in [-0.39, 0.29) is 11.6 Å². The molecule has 4 rings (SSSR count). The molecule has 25 heavy (non-hydrogen) atoms. The first-order chi connectivity index (χ1) is 12.2. The highest BCUT2D eigenvalue weighted by Gasteiger charge is 2.37. The number of hydrogen-bond donors (Lipinski definition) is 1. The van der Waals surface area contributed by atoms with Crippen molar-refractivity contribution in [1.82, 2.24) is 15.2 Å². The summed E-state index contributed by atoms with van der Waals surface area (Å²) in [4.78, 5) is 18.4. The Labute approximate surface area is 151 Å². The third-order valence-corrected chi connectivity index (χ3v) is 5.47. The van der Waals surface area contributed by atoms with Gasteiger partial charge in [-0.3, -0.25) is 0 Å². The number of urea groups is 1. The third-order valence-electron chi connectivity index (χ3n) is 4.84. The van der Waals surface area contributed by atoms with Crippen molar-refractivity contribution in [1.29, 1.82) is 0 Å². The zero-order chi connectivity index (χ0) is 17.1. The molecule has 0 unspecified atom stereocenters. The molecule has 1 N–H and O–H groups in total. The number of carbonyl (C=O) groups is 1. The van der Waals surface area contributed by atoms with Crippen molar-refractivity contribution in [2.75, 3.05) is 19.6 Å². The molecule has 6 heteroatoms. The van der Waals surface area contributed by atoms with Crippen molar-refractivity contribution >= 4 is 23.4 Å². The Morgan fingerprint density at radius 3 is 2.96 bits per heavy atom. The van der Waals surface area contributed by atoms with E-state index in [1.54, 1.807) is 11.3 Å². The number of fused-ring (bicyclic) bond motifs is 1. The van der Waals surface area contributed by atoms with Crippen LogP contribution in [-0.2, 0) is 6.42 Å². The Hall–Kier alpha value is -2.34. The van der Waals surface area contributed by atoms with Gasteiger partial charge in [0.2, 0.25) is 0 Å². The smallest absolute Gasteiger partial charge is 0.317 e. The van der Waals surface area contributed by atoms with Crippen LogP contribution in [0, 0.1) is 0 Å². The first-order valence-electron chi connectivity index (χ1n) is 8.61. The van der Waals surface area contributed by atoms with Gasteiger partial charge >= 0.3 is 6.03 Å². The zero-order valence-electron chi connectivity index (χ0n) is 14.0. The molecule has 5 nitrogen and oxygen atoms in total. The Kier molecular flexibility index (Phi) is 4.44. The summed E-state index contributed by atoms with van der Waals surface area (Å²) < 4.78 is 6.27. The second-order valence-corrected chi connectivity index (χ2v) is 7.21. The van der Waals surface area contributed by atoms with Crippen LogP contribution in [0.2, 0.25) is 0 Å². The number of nitrogens with zero attached hydrogens (tertiary/aromatic N) is 2. The number of nitrogens with one attached hydrogen (secondary N) is 1. The minimum atomic E-state index is -0.272. The summed E-state index contributed by atoms with van der Waals surface area (Å²) in [6.45, 7) is 2.03. The summed E-state index contributed by atoms with van der Waals surface area (Å²) in [7, 11) is 0. The highest BCUT2D eigenvalue weighted by atomic mass is 32.1. The maximum absolute atomic E-state index is 12.3. The fourth-order valence-corrected chi connectivity index (χ4v) is 3.93. The van der Waals surface area contributed by atoms with Gasteiger partial charge in [0.1, 0.15) is 11.4 Å². The number of rotatable bonds is 3. The van der Waals surface area contributed by atoms with E-state index in [1.165, 1.54) is 0 Å². The van der Waals surface area contributed by atoms with E-state index in [1.807, 2.05) is 34.0 Å². The van der Waals surface area contributed by atoms with E-state index in [0.717, 1.165) is 36.3 Å². The third kappa shape index (κ3) is 3.54. The molecule has 3 heterocycles. The van der Waals surface area contributed by atoms with Gasteiger partial charge in [-0.25, -0.2) is 9.78 Å². The number of piperidine rings is 1. The van der Waals surface area contributed by atoms with Crippen LogP contribution in [-0.4, -0.2) is 41.2 Å². The summed E-state index contributed by atoms with van der Waals surface area (Å²) >= 11 is 1.58. The van der Waals surface area contributed by atoms with Crippen LogP contribution in [0.25, 0.3) is 6.08 Å². The standard InChI is InChI=1S/C19H21N3O2S/c23-18(20-10-6-16-13-25-14-21-16)22-11-8-19(9-12-22)7-5-15-3-1-2-4-17(15)24-19/h1-5,7,13-14H,6,8-12H2,(H,20,23). The van der Waals surface area contributed by atoms with E-state index in [2.05, 4.69) is 28.5 Å². The molecule has 2 aliphatic rings.